The predicted molar refractivity (Wildman–Crippen MR) is 85.1 cm³/mol. The first-order valence-corrected chi connectivity index (χ1v) is 7.59. The molecule has 20 heavy (non-hydrogen) atoms. The normalized spacial score (nSPS) is 12.4. The summed E-state index contributed by atoms with van der Waals surface area (Å²) in [6.45, 7) is 4.73. The molecule has 0 fully saturated rings. The zero-order valence-corrected chi connectivity index (χ0v) is 12.9. The van der Waals surface area contributed by atoms with E-state index in [1.807, 2.05) is 50.1 Å². The Kier molecular flexibility index (Phi) is 4.93. The van der Waals surface area contributed by atoms with Crippen molar-refractivity contribution in [1.82, 2.24) is 4.90 Å². The van der Waals surface area contributed by atoms with Gasteiger partial charge in [-0.1, -0.05) is 12.1 Å². The van der Waals surface area contributed by atoms with Gasteiger partial charge < -0.3 is 5.32 Å². The SMILES string of the molecule is Cc1cccc(NC(=O)C(C)N(C)Cc2ccsc2)c1. The van der Waals surface area contributed by atoms with E-state index >= 15 is 0 Å². The summed E-state index contributed by atoms with van der Waals surface area (Å²) < 4.78 is 0. The van der Waals surface area contributed by atoms with E-state index in [-0.39, 0.29) is 11.9 Å². The van der Waals surface area contributed by atoms with Crippen molar-refractivity contribution in [3.05, 3.63) is 52.2 Å². The van der Waals surface area contributed by atoms with Gasteiger partial charge in [0.1, 0.15) is 0 Å². The van der Waals surface area contributed by atoms with Crippen LogP contribution < -0.4 is 5.32 Å². The molecule has 1 amide bonds. The highest BCUT2D eigenvalue weighted by molar-refractivity contribution is 7.07. The first-order valence-electron chi connectivity index (χ1n) is 6.65. The molecule has 1 heterocycles. The van der Waals surface area contributed by atoms with Crippen LogP contribution in [0.1, 0.15) is 18.1 Å². The second-order valence-corrected chi connectivity index (χ2v) is 5.86. The number of aryl methyl sites for hydroxylation is 1. The van der Waals surface area contributed by atoms with Crippen LogP contribution in [0.15, 0.2) is 41.1 Å². The summed E-state index contributed by atoms with van der Waals surface area (Å²) in [7, 11) is 1.97. The number of anilines is 1. The van der Waals surface area contributed by atoms with Gasteiger partial charge in [-0.05, 0) is 61.0 Å². The summed E-state index contributed by atoms with van der Waals surface area (Å²) in [4.78, 5) is 14.3. The lowest BCUT2D eigenvalue weighted by molar-refractivity contribution is -0.120. The number of hydrogen-bond donors (Lipinski definition) is 1. The van der Waals surface area contributed by atoms with Crippen molar-refractivity contribution in [3.63, 3.8) is 0 Å². The molecule has 0 saturated carbocycles. The fourth-order valence-electron chi connectivity index (χ4n) is 1.98. The Morgan fingerprint density at radius 2 is 2.20 bits per heavy atom. The van der Waals surface area contributed by atoms with Gasteiger partial charge in [0.2, 0.25) is 5.91 Å². The molecule has 0 spiro atoms. The fraction of sp³-hybridized carbons (Fsp3) is 0.312. The van der Waals surface area contributed by atoms with Crippen molar-refractivity contribution < 1.29 is 4.79 Å². The molecule has 0 aliphatic rings. The average Bonchev–Trinajstić information content (AvgIpc) is 2.90. The van der Waals surface area contributed by atoms with Crippen molar-refractivity contribution in [1.29, 1.82) is 0 Å². The summed E-state index contributed by atoms with van der Waals surface area (Å²) >= 11 is 1.68. The molecule has 2 rings (SSSR count). The third-order valence-electron chi connectivity index (χ3n) is 3.34. The highest BCUT2D eigenvalue weighted by atomic mass is 32.1. The highest BCUT2D eigenvalue weighted by Crippen LogP contribution is 2.13. The van der Waals surface area contributed by atoms with Crippen LogP contribution in [-0.2, 0) is 11.3 Å². The second-order valence-electron chi connectivity index (χ2n) is 5.08. The van der Waals surface area contributed by atoms with Crippen molar-refractivity contribution in [2.24, 2.45) is 0 Å². The van der Waals surface area contributed by atoms with E-state index in [1.54, 1.807) is 11.3 Å². The molecule has 0 radical (unpaired) electrons. The zero-order valence-electron chi connectivity index (χ0n) is 12.1. The largest absolute Gasteiger partial charge is 0.325 e. The number of benzene rings is 1. The number of carbonyl (C=O) groups excluding carboxylic acids is 1. The Morgan fingerprint density at radius 3 is 2.85 bits per heavy atom. The molecule has 0 bridgehead atoms. The van der Waals surface area contributed by atoms with E-state index in [9.17, 15) is 4.79 Å². The molecule has 106 valence electrons. The van der Waals surface area contributed by atoms with Gasteiger partial charge in [-0.25, -0.2) is 0 Å². The molecule has 4 heteroatoms. The molecular weight excluding hydrogens is 268 g/mol. The quantitative estimate of drug-likeness (QED) is 0.913. The van der Waals surface area contributed by atoms with Crippen molar-refractivity contribution in [3.8, 4) is 0 Å². The molecule has 2 aromatic rings. The van der Waals surface area contributed by atoms with E-state index < -0.39 is 0 Å². The van der Waals surface area contributed by atoms with E-state index in [2.05, 4.69) is 22.1 Å². The lowest BCUT2D eigenvalue weighted by atomic mass is 10.2. The van der Waals surface area contributed by atoms with E-state index in [1.165, 1.54) is 5.56 Å². The van der Waals surface area contributed by atoms with Gasteiger partial charge in [0.05, 0.1) is 6.04 Å². The molecule has 3 nitrogen and oxygen atoms in total. The smallest absolute Gasteiger partial charge is 0.241 e. The molecule has 1 N–H and O–H groups in total. The molecule has 1 aromatic carbocycles. The molecule has 1 atom stereocenters. The Morgan fingerprint density at radius 1 is 1.40 bits per heavy atom. The van der Waals surface area contributed by atoms with Crippen LogP contribution in [0, 0.1) is 6.92 Å². The van der Waals surface area contributed by atoms with Gasteiger partial charge in [-0.3, -0.25) is 9.69 Å². The van der Waals surface area contributed by atoms with Crippen LogP contribution in [0.3, 0.4) is 0 Å². The topological polar surface area (TPSA) is 32.3 Å². The summed E-state index contributed by atoms with van der Waals surface area (Å²) in [6, 6.07) is 9.77. The number of amides is 1. The van der Waals surface area contributed by atoms with Crippen LogP contribution in [0.5, 0.6) is 0 Å². The standard InChI is InChI=1S/C16H20N2OS/c1-12-5-4-6-15(9-12)17-16(19)13(2)18(3)10-14-7-8-20-11-14/h4-9,11,13H,10H2,1-3H3,(H,17,19). The fourth-order valence-corrected chi connectivity index (χ4v) is 2.64. The number of carbonyl (C=O) groups is 1. The molecule has 1 unspecified atom stereocenters. The number of nitrogens with zero attached hydrogens (tertiary/aromatic N) is 1. The van der Waals surface area contributed by atoms with E-state index in [0.717, 1.165) is 17.8 Å². The summed E-state index contributed by atoms with van der Waals surface area (Å²) in [5.41, 5.74) is 3.24. The van der Waals surface area contributed by atoms with E-state index in [0.29, 0.717) is 0 Å². The predicted octanol–water partition coefficient (Wildman–Crippen LogP) is 3.52. The van der Waals surface area contributed by atoms with Crippen molar-refractivity contribution >= 4 is 22.9 Å². The first-order chi connectivity index (χ1) is 9.56. The maximum Gasteiger partial charge on any atom is 0.241 e. The van der Waals surface area contributed by atoms with Crippen molar-refractivity contribution in [2.45, 2.75) is 26.4 Å². The second kappa shape index (κ2) is 6.68. The maximum atomic E-state index is 12.2. The van der Waals surface area contributed by atoms with E-state index in [4.69, 9.17) is 0 Å². The minimum absolute atomic E-state index is 0.0216. The number of likely N-dealkylation sites (N-methyl/N-ethyl adjacent to an activating group) is 1. The van der Waals surface area contributed by atoms with Crippen LogP contribution >= 0.6 is 11.3 Å². The first kappa shape index (κ1) is 14.8. The van der Waals surface area contributed by atoms with Gasteiger partial charge in [0, 0.05) is 12.2 Å². The Hall–Kier alpha value is -1.65. The summed E-state index contributed by atoms with van der Waals surface area (Å²) in [5, 5.41) is 7.13. The molecule has 0 saturated heterocycles. The van der Waals surface area contributed by atoms with Gasteiger partial charge in [-0.15, -0.1) is 0 Å². The van der Waals surface area contributed by atoms with Crippen LogP contribution in [-0.4, -0.2) is 23.9 Å². The summed E-state index contributed by atoms with van der Waals surface area (Å²) in [6.07, 6.45) is 0. The lowest BCUT2D eigenvalue weighted by Crippen LogP contribution is -2.39. The minimum Gasteiger partial charge on any atom is -0.325 e. The minimum atomic E-state index is -0.171. The van der Waals surface area contributed by atoms with Crippen molar-refractivity contribution in [2.75, 3.05) is 12.4 Å². The lowest BCUT2D eigenvalue weighted by Gasteiger charge is -2.23. The number of nitrogens with one attached hydrogen (secondary N) is 1. The number of thiophene rings is 1. The zero-order chi connectivity index (χ0) is 14.5. The summed E-state index contributed by atoms with van der Waals surface area (Å²) in [5.74, 6) is 0.0216. The average molecular weight is 288 g/mol. The Bertz CT molecular complexity index is 566. The van der Waals surface area contributed by atoms with Crippen LogP contribution in [0.2, 0.25) is 0 Å². The molecule has 0 aliphatic carbocycles. The Balaban J connectivity index is 1.94. The van der Waals surface area contributed by atoms with Crippen LogP contribution in [0.4, 0.5) is 5.69 Å². The number of hydrogen-bond acceptors (Lipinski definition) is 3. The Labute approximate surface area is 124 Å². The van der Waals surface area contributed by atoms with Gasteiger partial charge >= 0.3 is 0 Å². The monoisotopic (exact) mass is 288 g/mol. The van der Waals surface area contributed by atoms with Gasteiger partial charge in [0.25, 0.3) is 0 Å². The van der Waals surface area contributed by atoms with Gasteiger partial charge in [0.15, 0.2) is 0 Å². The maximum absolute atomic E-state index is 12.2. The highest BCUT2D eigenvalue weighted by Gasteiger charge is 2.18. The number of rotatable bonds is 5. The third kappa shape index (κ3) is 3.92. The molecule has 1 aromatic heterocycles. The van der Waals surface area contributed by atoms with Gasteiger partial charge in [-0.2, -0.15) is 11.3 Å². The molecule has 0 aliphatic heterocycles. The third-order valence-corrected chi connectivity index (χ3v) is 4.07. The van der Waals surface area contributed by atoms with Crippen LogP contribution in [0.25, 0.3) is 0 Å². The molecular formula is C16H20N2OS.